The second kappa shape index (κ2) is 7.49. The number of carbonyl (C=O) groups is 1. The molecule has 0 unspecified atom stereocenters. The van der Waals surface area contributed by atoms with Crippen LogP contribution in [0, 0.1) is 0 Å². The van der Waals surface area contributed by atoms with Crippen molar-refractivity contribution in [1.29, 1.82) is 0 Å². The van der Waals surface area contributed by atoms with E-state index in [1.54, 1.807) is 0 Å². The van der Waals surface area contributed by atoms with Crippen molar-refractivity contribution in [1.82, 2.24) is 24.8 Å². The molecule has 0 atom stereocenters. The topological polar surface area (TPSA) is 54.3 Å². The quantitative estimate of drug-likeness (QED) is 0.731. The van der Waals surface area contributed by atoms with E-state index in [0.29, 0.717) is 13.1 Å². The summed E-state index contributed by atoms with van der Waals surface area (Å²) >= 11 is 0. The SMILES string of the molecule is O=C(N1CCN(C(c2ccccc2)c2ccccc2)CC1)n1nccn1. The molecule has 0 radical (unpaired) electrons. The van der Waals surface area contributed by atoms with E-state index in [4.69, 9.17) is 0 Å². The molecule has 3 aromatic rings. The molecule has 26 heavy (non-hydrogen) atoms. The van der Waals surface area contributed by atoms with E-state index in [1.165, 1.54) is 23.5 Å². The number of rotatable bonds is 3. The minimum Gasteiger partial charge on any atom is -0.319 e. The Balaban J connectivity index is 1.52. The zero-order chi connectivity index (χ0) is 17.8. The normalized spacial score (nSPS) is 15.3. The molecule has 1 aliphatic rings. The van der Waals surface area contributed by atoms with Gasteiger partial charge in [0.2, 0.25) is 0 Å². The monoisotopic (exact) mass is 347 g/mol. The predicted molar refractivity (Wildman–Crippen MR) is 98.7 cm³/mol. The van der Waals surface area contributed by atoms with Crippen molar-refractivity contribution in [3.8, 4) is 0 Å². The van der Waals surface area contributed by atoms with Gasteiger partial charge in [-0.1, -0.05) is 65.5 Å². The molecule has 1 amide bonds. The maximum atomic E-state index is 12.4. The lowest BCUT2D eigenvalue weighted by Crippen LogP contribution is -2.51. The average Bonchev–Trinajstić information content (AvgIpc) is 3.25. The van der Waals surface area contributed by atoms with Crippen LogP contribution in [-0.2, 0) is 0 Å². The highest BCUT2D eigenvalue weighted by Crippen LogP contribution is 2.29. The fourth-order valence-corrected chi connectivity index (χ4v) is 3.50. The lowest BCUT2D eigenvalue weighted by atomic mass is 9.96. The second-order valence-electron chi connectivity index (χ2n) is 6.35. The van der Waals surface area contributed by atoms with Crippen LogP contribution in [0.15, 0.2) is 73.1 Å². The summed E-state index contributed by atoms with van der Waals surface area (Å²) in [5.41, 5.74) is 2.54. The first-order valence-electron chi connectivity index (χ1n) is 8.82. The molecule has 0 aliphatic carbocycles. The first-order chi connectivity index (χ1) is 12.8. The van der Waals surface area contributed by atoms with E-state index in [9.17, 15) is 4.79 Å². The van der Waals surface area contributed by atoms with E-state index >= 15 is 0 Å². The first-order valence-corrected chi connectivity index (χ1v) is 8.82. The summed E-state index contributed by atoms with van der Waals surface area (Å²) < 4.78 is 0. The number of nitrogens with zero attached hydrogens (tertiary/aromatic N) is 5. The van der Waals surface area contributed by atoms with Crippen LogP contribution in [0.4, 0.5) is 4.79 Å². The number of amides is 1. The molecule has 0 saturated carbocycles. The average molecular weight is 347 g/mol. The standard InChI is InChI=1S/C20H21N5O/c26-20(25-21-11-12-22-25)24-15-13-23(14-16-24)19(17-7-3-1-4-8-17)18-9-5-2-6-10-18/h1-12,19H,13-16H2. The van der Waals surface area contributed by atoms with Gasteiger partial charge in [0.15, 0.2) is 0 Å². The summed E-state index contributed by atoms with van der Waals surface area (Å²) in [6.45, 7) is 2.94. The van der Waals surface area contributed by atoms with Crippen molar-refractivity contribution < 1.29 is 4.79 Å². The third kappa shape index (κ3) is 3.36. The summed E-state index contributed by atoms with van der Waals surface area (Å²) in [5, 5.41) is 7.88. The summed E-state index contributed by atoms with van der Waals surface area (Å²) in [5.74, 6) is 0. The molecule has 132 valence electrons. The van der Waals surface area contributed by atoms with E-state index in [-0.39, 0.29) is 12.1 Å². The number of hydrogen-bond donors (Lipinski definition) is 0. The van der Waals surface area contributed by atoms with Gasteiger partial charge in [0.25, 0.3) is 0 Å². The Kier molecular flexibility index (Phi) is 4.75. The molecule has 6 nitrogen and oxygen atoms in total. The van der Waals surface area contributed by atoms with Crippen LogP contribution in [0.5, 0.6) is 0 Å². The Hall–Kier alpha value is -2.99. The minimum atomic E-state index is -0.161. The van der Waals surface area contributed by atoms with Gasteiger partial charge in [-0.05, 0) is 11.1 Å². The Bertz CT molecular complexity index is 788. The van der Waals surface area contributed by atoms with Crippen LogP contribution >= 0.6 is 0 Å². The van der Waals surface area contributed by atoms with Crippen molar-refractivity contribution in [2.45, 2.75) is 6.04 Å². The molecule has 0 N–H and O–H groups in total. The molecule has 2 aromatic carbocycles. The number of carbonyl (C=O) groups excluding carboxylic acids is 1. The van der Waals surface area contributed by atoms with Crippen molar-refractivity contribution in [3.05, 3.63) is 84.2 Å². The largest absolute Gasteiger partial charge is 0.362 e. The molecule has 1 aliphatic heterocycles. The second-order valence-corrected chi connectivity index (χ2v) is 6.35. The van der Waals surface area contributed by atoms with Crippen LogP contribution in [0.25, 0.3) is 0 Å². The van der Waals surface area contributed by atoms with Crippen LogP contribution in [-0.4, -0.2) is 57.0 Å². The lowest BCUT2D eigenvalue weighted by Gasteiger charge is -2.39. The fraction of sp³-hybridized carbons (Fsp3) is 0.250. The van der Waals surface area contributed by atoms with Gasteiger partial charge in [-0.25, -0.2) is 4.79 Å². The Morgan fingerprint density at radius 1 is 0.769 bits per heavy atom. The van der Waals surface area contributed by atoms with Crippen LogP contribution in [0.2, 0.25) is 0 Å². The molecule has 1 saturated heterocycles. The van der Waals surface area contributed by atoms with Crippen molar-refractivity contribution in [2.24, 2.45) is 0 Å². The van der Waals surface area contributed by atoms with Gasteiger partial charge in [0, 0.05) is 26.2 Å². The summed E-state index contributed by atoms with van der Waals surface area (Å²) in [4.78, 5) is 17.8. The van der Waals surface area contributed by atoms with Crippen LogP contribution in [0.3, 0.4) is 0 Å². The van der Waals surface area contributed by atoms with E-state index in [0.717, 1.165) is 17.9 Å². The molecule has 1 fully saturated rings. The van der Waals surface area contributed by atoms with Gasteiger partial charge in [-0.2, -0.15) is 10.2 Å². The Morgan fingerprint density at radius 3 is 1.77 bits per heavy atom. The Morgan fingerprint density at radius 2 is 1.27 bits per heavy atom. The van der Waals surface area contributed by atoms with E-state index in [2.05, 4.69) is 63.6 Å². The highest BCUT2D eigenvalue weighted by atomic mass is 16.2. The van der Waals surface area contributed by atoms with E-state index < -0.39 is 0 Å². The van der Waals surface area contributed by atoms with Crippen molar-refractivity contribution >= 4 is 6.03 Å². The Labute approximate surface area is 152 Å². The summed E-state index contributed by atoms with van der Waals surface area (Å²) in [6.07, 6.45) is 3.05. The maximum absolute atomic E-state index is 12.4. The predicted octanol–water partition coefficient (Wildman–Crippen LogP) is 2.65. The molecule has 4 rings (SSSR count). The molecular formula is C20H21N5O. The fourth-order valence-electron chi connectivity index (χ4n) is 3.50. The number of hydrogen-bond acceptors (Lipinski definition) is 4. The highest BCUT2D eigenvalue weighted by Gasteiger charge is 2.28. The number of benzene rings is 2. The van der Waals surface area contributed by atoms with Crippen LogP contribution in [0.1, 0.15) is 17.2 Å². The van der Waals surface area contributed by atoms with Crippen molar-refractivity contribution in [3.63, 3.8) is 0 Å². The molecule has 2 heterocycles. The minimum absolute atomic E-state index is 0.161. The first kappa shape index (κ1) is 16.5. The maximum Gasteiger partial charge on any atom is 0.362 e. The van der Waals surface area contributed by atoms with Gasteiger partial charge < -0.3 is 4.90 Å². The van der Waals surface area contributed by atoms with Gasteiger partial charge in [0.1, 0.15) is 0 Å². The van der Waals surface area contributed by atoms with Gasteiger partial charge in [-0.3, -0.25) is 4.90 Å². The van der Waals surface area contributed by atoms with Gasteiger partial charge >= 0.3 is 6.03 Å². The van der Waals surface area contributed by atoms with Gasteiger partial charge in [0.05, 0.1) is 18.4 Å². The number of piperazine rings is 1. The molecule has 0 spiro atoms. The van der Waals surface area contributed by atoms with Gasteiger partial charge in [-0.15, -0.1) is 0 Å². The zero-order valence-electron chi connectivity index (χ0n) is 14.5. The molecule has 0 bridgehead atoms. The summed E-state index contributed by atoms with van der Waals surface area (Å²) in [7, 11) is 0. The molecular weight excluding hydrogens is 326 g/mol. The molecule has 1 aromatic heterocycles. The third-order valence-electron chi connectivity index (χ3n) is 4.77. The molecule has 6 heteroatoms. The summed E-state index contributed by atoms with van der Waals surface area (Å²) in [6, 6.07) is 21.1. The number of aromatic nitrogens is 3. The zero-order valence-corrected chi connectivity index (χ0v) is 14.5. The van der Waals surface area contributed by atoms with Crippen LogP contribution < -0.4 is 0 Å². The third-order valence-corrected chi connectivity index (χ3v) is 4.77. The van der Waals surface area contributed by atoms with E-state index in [1.807, 2.05) is 17.0 Å². The highest BCUT2D eigenvalue weighted by molar-refractivity contribution is 5.74. The smallest absolute Gasteiger partial charge is 0.319 e. The lowest BCUT2D eigenvalue weighted by molar-refractivity contribution is 0.118. The van der Waals surface area contributed by atoms with Crippen molar-refractivity contribution in [2.75, 3.05) is 26.2 Å².